The number of fused-ring (bicyclic) bond motifs is 1. The van der Waals surface area contributed by atoms with Crippen LogP contribution in [0.4, 0.5) is 0 Å². The van der Waals surface area contributed by atoms with E-state index in [0.29, 0.717) is 0 Å². The summed E-state index contributed by atoms with van der Waals surface area (Å²) in [5, 5.41) is 11.0. The zero-order chi connectivity index (χ0) is 14.8. The second-order valence-electron chi connectivity index (χ2n) is 6.37. The summed E-state index contributed by atoms with van der Waals surface area (Å²) in [6.07, 6.45) is -1.10. The number of rotatable bonds is 0. The largest absolute Gasteiger partial charge is 0.382 e. The van der Waals surface area contributed by atoms with Crippen molar-refractivity contribution < 1.29 is 30.2 Å². The van der Waals surface area contributed by atoms with Crippen LogP contribution in [-0.4, -0.2) is 53.5 Å². The van der Waals surface area contributed by atoms with E-state index in [1.54, 1.807) is 27.7 Å². The van der Waals surface area contributed by atoms with E-state index in [1.807, 2.05) is 0 Å². The molecule has 1 spiro atoms. The highest BCUT2D eigenvalue weighted by atomic mass is 16.9. The van der Waals surface area contributed by atoms with Crippen LogP contribution in [0.25, 0.3) is 0 Å². The van der Waals surface area contributed by atoms with E-state index < -0.39 is 35.2 Å². The van der Waals surface area contributed by atoms with Crippen molar-refractivity contribution in [2.24, 2.45) is 0 Å². The Labute approximate surface area is 114 Å². The minimum Gasteiger partial charge on any atom is -0.382 e. The highest BCUT2D eigenvalue weighted by Gasteiger charge is 2.68. The van der Waals surface area contributed by atoms with Gasteiger partial charge in [-0.1, -0.05) is 0 Å². The molecule has 0 aromatic carbocycles. The Morgan fingerprint density at radius 2 is 1.84 bits per heavy atom. The van der Waals surface area contributed by atoms with Crippen molar-refractivity contribution in [1.82, 2.24) is 0 Å². The van der Waals surface area contributed by atoms with Gasteiger partial charge < -0.3 is 28.8 Å². The molecule has 110 valence electrons. The van der Waals surface area contributed by atoms with Gasteiger partial charge in [0.15, 0.2) is 11.6 Å². The maximum absolute atomic E-state index is 11.0. The normalized spacial score (nSPS) is 52.2. The predicted octanol–water partition coefficient (Wildman–Crippen LogP) is 0.767. The summed E-state index contributed by atoms with van der Waals surface area (Å²) in [4.78, 5) is 0. The standard InChI is InChI=1S/C13H22O6/c1-10(2)16-7-13(19-10)12(5,14)9-8(6-15-13)17-11(3,4)18-9/h8-9,14H,6-7H2,1-5H3/t8-,9-,12-,13+/m1/s1/i5D. The lowest BCUT2D eigenvalue weighted by Crippen LogP contribution is -2.69. The van der Waals surface area contributed by atoms with Crippen LogP contribution in [-0.2, 0) is 23.7 Å². The first kappa shape index (κ1) is 12.5. The van der Waals surface area contributed by atoms with Gasteiger partial charge in [-0.15, -0.1) is 0 Å². The van der Waals surface area contributed by atoms with E-state index in [4.69, 9.17) is 25.1 Å². The summed E-state index contributed by atoms with van der Waals surface area (Å²) in [6.45, 7) is 7.01. The Morgan fingerprint density at radius 3 is 2.42 bits per heavy atom. The van der Waals surface area contributed by atoms with Crippen LogP contribution < -0.4 is 0 Å². The summed E-state index contributed by atoms with van der Waals surface area (Å²) in [7, 11) is 0. The summed E-state index contributed by atoms with van der Waals surface area (Å²) in [6, 6.07) is 0. The molecule has 0 bridgehead atoms. The fourth-order valence-electron chi connectivity index (χ4n) is 2.93. The summed E-state index contributed by atoms with van der Waals surface area (Å²) >= 11 is 0. The van der Waals surface area contributed by atoms with Crippen molar-refractivity contribution in [3.63, 3.8) is 0 Å². The molecule has 0 amide bonds. The highest BCUT2D eigenvalue weighted by molar-refractivity contribution is 5.08. The molecule has 0 aromatic rings. The number of ether oxygens (including phenoxy) is 5. The number of aliphatic hydroxyl groups is 1. The number of hydrogen-bond acceptors (Lipinski definition) is 6. The van der Waals surface area contributed by atoms with Crippen molar-refractivity contribution >= 4 is 0 Å². The SMILES string of the molecule is [2H]C[C@@]1(O)[C@@H]2OC(C)(C)O[C@@H]2CO[C@]12COC(C)(C)O2. The minimum atomic E-state index is -1.64. The molecule has 3 aliphatic heterocycles. The lowest BCUT2D eigenvalue weighted by atomic mass is 9.84. The smallest absolute Gasteiger partial charge is 0.226 e. The minimum absolute atomic E-state index is 0.0579. The third-order valence-electron chi connectivity index (χ3n) is 3.82. The topological polar surface area (TPSA) is 66.4 Å². The van der Waals surface area contributed by atoms with Crippen molar-refractivity contribution in [2.75, 3.05) is 13.2 Å². The Kier molecular flexibility index (Phi) is 2.43. The zero-order valence-corrected chi connectivity index (χ0v) is 11.8. The van der Waals surface area contributed by atoms with Gasteiger partial charge in [-0.3, -0.25) is 0 Å². The summed E-state index contributed by atoms with van der Waals surface area (Å²) in [5.41, 5.74) is -1.64. The molecule has 0 saturated carbocycles. The first-order valence-corrected chi connectivity index (χ1v) is 6.48. The highest BCUT2D eigenvalue weighted by Crippen LogP contribution is 2.49. The monoisotopic (exact) mass is 275 g/mol. The van der Waals surface area contributed by atoms with Crippen LogP contribution in [0.3, 0.4) is 0 Å². The third kappa shape index (κ3) is 1.93. The van der Waals surface area contributed by atoms with E-state index in [2.05, 4.69) is 0 Å². The van der Waals surface area contributed by atoms with Gasteiger partial charge in [0, 0.05) is 1.37 Å². The van der Waals surface area contributed by atoms with Gasteiger partial charge in [0.1, 0.15) is 24.4 Å². The summed E-state index contributed by atoms with van der Waals surface area (Å²) < 4.78 is 36.4. The van der Waals surface area contributed by atoms with Gasteiger partial charge in [0.05, 0.1) is 6.61 Å². The van der Waals surface area contributed by atoms with E-state index >= 15 is 0 Å². The van der Waals surface area contributed by atoms with Crippen molar-refractivity contribution in [2.45, 2.75) is 69.8 Å². The van der Waals surface area contributed by atoms with Crippen molar-refractivity contribution in [3.8, 4) is 0 Å². The molecule has 3 saturated heterocycles. The predicted molar refractivity (Wildman–Crippen MR) is 64.2 cm³/mol. The van der Waals surface area contributed by atoms with E-state index in [0.717, 1.165) is 0 Å². The molecular weight excluding hydrogens is 252 g/mol. The van der Waals surface area contributed by atoms with Crippen molar-refractivity contribution in [1.29, 1.82) is 0 Å². The van der Waals surface area contributed by atoms with Crippen LogP contribution in [0.5, 0.6) is 0 Å². The lowest BCUT2D eigenvalue weighted by molar-refractivity contribution is -0.361. The fraction of sp³-hybridized carbons (Fsp3) is 1.00. The van der Waals surface area contributed by atoms with E-state index in [1.165, 1.54) is 0 Å². The molecular formula is C13H22O6. The second kappa shape index (κ2) is 3.69. The maximum atomic E-state index is 11.0. The first-order valence-electron chi connectivity index (χ1n) is 7.19. The Hall–Kier alpha value is -0.240. The molecule has 3 heterocycles. The van der Waals surface area contributed by atoms with Crippen LogP contribution in [0.15, 0.2) is 0 Å². The van der Waals surface area contributed by atoms with Gasteiger partial charge >= 0.3 is 0 Å². The third-order valence-corrected chi connectivity index (χ3v) is 3.82. The molecule has 0 unspecified atom stereocenters. The summed E-state index contributed by atoms with van der Waals surface area (Å²) in [5.74, 6) is -3.07. The maximum Gasteiger partial charge on any atom is 0.226 e. The average Bonchev–Trinajstić information content (AvgIpc) is 2.83. The van der Waals surface area contributed by atoms with E-state index in [9.17, 15) is 5.11 Å². The Morgan fingerprint density at radius 1 is 1.11 bits per heavy atom. The second-order valence-corrected chi connectivity index (χ2v) is 6.37. The molecule has 0 radical (unpaired) electrons. The molecule has 3 rings (SSSR count). The van der Waals surface area contributed by atoms with Gasteiger partial charge in [-0.2, -0.15) is 0 Å². The van der Waals surface area contributed by atoms with Crippen LogP contribution in [0.1, 0.15) is 36.0 Å². The van der Waals surface area contributed by atoms with Crippen LogP contribution >= 0.6 is 0 Å². The zero-order valence-electron chi connectivity index (χ0n) is 12.8. The molecule has 3 fully saturated rings. The van der Waals surface area contributed by atoms with Gasteiger partial charge in [0.2, 0.25) is 5.79 Å². The first-order chi connectivity index (χ1) is 9.13. The molecule has 6 nitrogen and oxygen atoms in total. The lowest BCUT2D eigenvalue weighted by Gasteiger charge is -2.48. The van der Waals surface area contributed by atoms with E-state index in [-0.39, 0.29) is 20.1 Å². The average molecular weight is 275 g/mol. The van der Waals surface area contributed by atoms with Crippen LogP contribution in [0, 0.1) is 0 Å². The molecule has 3 aliphatic rings. The molecule has 1 N–H and O–H groups in total. The van der Waals surface area contributed by atoms with Crippen molar-refractivity contribution in [3.05, 3.63) is 0 Å². The molecule has 0 aromatic heterocycles. The fourth-order valence-corrected chi connectivity index (χ4v) is 2.93. The van der Waals surface area contributed by atoms with Crippen LogP contribution in [0.2, 0.25) is 0 Å². The molecule has 4 atom stereocenters. The van der Waals surface area contributed by atoms with Gasteiger partial charge in [-0.25, -0.2) is 0 Å². The molecule has 0 aliphatic carbocycles. The quantitative estimate of drug-likeness (QED) is 0.704. The number of hydrogen-bond donors (Lipinski definition) is 1. The Balaban J connectivity index is 1.95. The van der Waals surface area contributed by atoms with Gasteiger partial charge in [-0.05, 0) is 34.6 Å². The van der Waals surface area contributed by atoms with Gasteiger partial charge in [0.25, 0.3) is 0 Å². The molecule has 6 heteroatoms. The Bertz CT molecular complexity index is 412. The molecule has 19 heavy (non-hydrogen) atoms.